The highest BCUT2D eigenvalue weighted by atomic mass is 16.6. The summed E-state index contributed by atoms with van der Waals surface area (Å²) in [5.74, 6) is -4.70. The van der Waals surface area contributed by atoms with Gasteiger partial charge < -0.3 is 38.6 Å². The first kappa shape index (κ1) is 32.9. The third kappa shape index (κ3) is 5.12. The van der Waals surface area contributed by atoms with Crippen LogP contribution in [0.25, 0.3) is 0 Å². The van der Waals surface area contributed by atoms with Crippen LogP contribution in [0, 0.1) is 16.7 Å². The summed E-state index contributed by atoms with van der Waals surface area (Å²) in [6.07, 6.45) is -8.16. The summed E-state index contributed by atoms with van der Waals surface area (Å²) in [5, 5.41) is 25.4. The second-order valence-corrected chi connectivity index (χ2v) is 13.0. The number of aliphatic hydroxyl groups excluding tert-OH is 1. The van der Waals surface area contributed by atoms with E-state index in [0.717, 1.165) is 6.92 Å². The van der Waals surface area contributed by atoms with Gasteiger partial charge in [-0.15, -0.1) is 0 Å². The highest BCUT2D eigenvalue weighted by Gasteiger charge is 2.79. The molecule has 0 aromatic heterocycles. The molecule has 0 unspecified atom stereocenters. The Morgan fingerprint density at radius 2 is 1.28 bits per heavy atom. The molecule has 2 bridgehead atoms. The number of carbonyl (C=O) groups is 5. The summed E-state index contributed by atoms with van der Waals surface area (Å²) in [6, 6.07) is 0. The third-order valence-corrected chi connectivity index (χ3v) is 9.99. The van der Waals surface area contributed by atoms with Crippen LogP contribution in [0.4, 0.5) is 0 Å². The lowest BCUT2D eigenvalue weighted by Gasteiger charge is -2.64. The van der Waals surface area contributed by atoms with Gasteiger partial charge in [-0.05, 0) is 18.1 Å². The standard InChI is InChI=1S/C30H42O13/c1-13-19(39-14(2)31)11-30(37)26(43-18(6)35)24-28(9,25(36)23(42-17(5)34)22(13)27(30,7)8)20(40-15(3)32)10-21(41-16(4)33)29(24)12-38-29/h19-21,23-26,36-37H,10-12H2,1-9H3/t19-,20-,21-,23+,24-,25-,26-,28+,29+,30+/m0/s1. The average molecular weight is 611 g/mol. The lowest BCUT2D eigenvalue weighted by molar-refractivity contribution is -0.282. The van der Waals surface area contributed by atoms with Crippen molar-refractivity contribution in [2.75, 3.05) is 6.61 Å². The van der Waals surface area contributed by atoms with Gasteiger partial charge in [-0.25, -0.2) is 0 Å². The van der Waals surface area contributed by atoms with E-state index in [2.05, 4.69) is 0 Å². The average Bonchev–Trinajstić information content (AvgIpc) is 3.63. The van der Waals surface area contributed by atoms with Gasteiger partial charge in [0.05, 0.1) is 6.61 Å². The Balaban J connectivity index is 2.12. The van der Waals surface area contributed by atoms with Gasteiger partial charge in [0.1, 0.15) is 41.7 Å². The zero-order chi connectivity index (χ0) is 32.4. The molecule has 4 aliphatic rings. The Morgan fingerprint density at radius 3 is 1.74 bits per heavy atom. The molecule has 1 heterocycles. The second-order valence-electron chi connectivity index (χ2n) is 13.0. The van der Waals surface area contributed by atoms with Crippen molar-refractivity contribution in [2.45, 2.75) is 123 Å². The van der Waals surface area contributed by atoms with Crippen LogP contribution in [-0.4, -0.2) is 94.5 Å². The van der Waals surface area contributed by atoms with Crippen LogP contribution in [0.1, 0.15) is 75.2 Å². The van der Waals surface area contributed by atoms with Gasteiger partial charge in [-0.2, -0.15) is 0 Å². The molecule has 1 spiro atoms. The molecule has 0 aromatic rings. The molecular formula is C30H42O13. The molecule has 0 aromatic carbocycles. The number of epoxide rings is 1. The predicted octanol–water partition coefficient (Wildman–Crippen LogP) is 1.29. The quantitative estimate of drug-likeness (QED) is 0.197. The first-order valence-corrected chi connectivity index (χ1v) is 14.4. The van der Waals surface area contributed by atoms with Crippen LogP contribution in [0.5, 0.6) is 0 Å². The fraction of sp³-hybridized carbons (Fsp3) is 0.767. The Bertz CT molecular complexity index is 1250. The number of ether oxygens (including phenoxy) is 6. The van der Waals surface area contributed by atoms with E-state index in [1.165, 1.54) is 27.7 Å². The summed E-state index contributed by atoms with van der Waals surface area (Å²) >= 11 is 0. The van der Waals surface area contributed by atoms with Gasteiger partial charge in [-0.1, -0.05) is 20.8 Å². The van der Waals surface area contributed by atoms with E-state index in [4.69, 9.17) is 28.4 Å². The van der Waals surface area contributed by atoms with E-state index >= 15 is 0 Å². The van der Waals surface area contributed by atoms with Crippen molar-refractivity contribution < 1.29 is 62.6 Å². The summed E-state index contributed by atoms with van der Waals surface area (Å²) in [7, 11) is 0. The van der Waals surface area contributed by atoms with E-state index in [-0.39, 0.29) is 25.0 Å². The molecule has 0 radical (unpaired) electrons. The van der Waals surface area contributed by atoms with Gasteiger partial charge in [0.15, 0.2) is 6.10 Å². The summed E-state index contributed by atoms with van der Waals surface area (Å²) in [5.41, 5.74) is -5.73. The number of fused-ring (bicyclic) bond motifs is 4. The van der Waals surface area contributed by atoms with Gasteiger partial charge >= 0.3 is 29.8 Å². The maximum Gasteiger partial charge on any atom is 0.303 e. The maximum atomic E-state index is 12.9. The molecular weight excluding hydrogens is 568 g/mol. The first-order valence-electron chi connectivity index (χ1n) is 14.4. The lowest BCUT2D eigenvalue weighted by atomic mass is 9.45. The van der Waals surface area contributed by atoms with Crippen LogP contribution >= 0.6 is 0 Å². The largest absolute Gasteiger partial charge is 0.462 e. The van der Waals surface area contributed by atoms with Crippen molar-refractivity contribution >= 4 is 29.8 Å². The first-order chi connectivity index (χ1) is 19.7. The van der Waals surface area contributed by atoms with Crippen molar-refractivity contribution in [3.8, 4) is 0 Å². The number of hydrogen-bond acceptors (Lipinski definition) is 13. The van der Waals surface area contributed by atoms with Crippen LogP contribution in [0.2, 0.25) is 0 Å². The fourth-order valence-corrected chi connectivity index (χ4v) is 8.08. The van der Waals surface area contributed by atoms with Crippen molar-refractivity contribution in [1.82, 2.24) is 0 Å². The SMILES string of the molecule is CC(=O)O[C@H]1C[C@@]2(O)[C@@H](OC(C)=O)[C@@H]3[C@@]4(CO4)[C@@H](OC(C)=O)C[C@H](OC(C)=O)[C@@]3(C)[C@@H](O)[C@H](OC(C)=O)C(=C1C)C2(C)C. The summed E-state index contributed by atoms with van der Waals surface area (Å²) < 4.78 is 34.9. The third-order valence-electron chi connectivity index (χ3n) is 9.99. The van der Waals surface area contributed by atoms with Crippen molar-refractivity contribution in [3.05, 3.63) is 11.1 Å². The molecule has 13 nitrogen and oxygen atoms in total. The molecule has 10 atom stereocenters. The lowest BCUT2D eigenvalue weighted by Crippen LogP contribution is -2.76. The van der Waals surface area contributed by atoms with Crippen LogP contribution in [-0.2, 0) is 52.4 Å². The fourth-order valence-electron chi connectivity index (χ4n) is 8.08. The predicted molar refractivity (Wildman–Crippen MR) is 145 cm³/mol. The molecule has 1 aliphatic heterocycles. The van der Waals surface area contributed by atoms with Crippen LogP contribution in [0.15, 0.2) is 11.1 Å². The van der Waals surface area contributed by atoms with Crippen molar-refractivity contribution in [2.24, 2.45) is 16.7 Å². The normalized spacial score (nSPS) is 41.1. The molecule has 2 N–H and O–H groups in total. The van der Waals surface area contributed by atoms with Crippen molar-refractivity contribution in [3.63, 3.8) is 0 Å². The Morgan fingerprint density at radius 1 is 0.791 bits per heavy atom. The van der Waals surface area contributed by atoms with E-state index in [0.29, 0.717) is 5.57 Å². The van der Waals surface area contributed by atoms with E-state index < -0.39 is 94.4 Å². The van der Waals surface area contributed by atoms with Crippen LogP contribution < -0.4 is 0 Å². The Labute approximate surface area is 250 Å². The molecule has 1 saturated heterocycles. The molecule has 43 heavy (non-hydrogen) atoms. The topological polar surface area (TPSA) is 184 Å². The van der Waals surface area contributed by atoms with Gasteiger partial charge in [0, 0.05) is 64.2 Å². The number of aliphatic hydroxyl groups is 2. The zero-order valence-corrected chi connectivity index (χ0v) is 26.0. The summed E-state index contributed by atoms with van der Waals surface area (Å²) in [6.45, 7) is 12.5. The van der Waals surface area contributed by atoms with Gasteiger partial charge in [0.25, 0.3) is 0 Å². The smallest absolute Gasteiger partial charge is 0.303 e. The minimum Gasteiger partial charge on any atom is -0.462 e. The molecule has 240 valence electrons. The maximum absolute atomic E-state index is 12.9. The van der Waals surface area contributed by atoms with Crippen molar-refractivity contribution in [1.29, 1.82) is 0 Å². The Kier molecular flexibility index (Phi) is 8.29. The molecule has 4 rings (SSSR count). The van der Waals surface area contributed by atoms with Crippen LogP contribution in [0.3, 0.4) is 0 Å². The highest BCUT2D eigenvalue weighted by molar-refractivity contribution is 5.69. The minimum absolute atomic E-state index is 0.00762. The molecule has 3 fully saturated rings. The molecule has 0 amide bonds. The van der Waals surface area contributed by atoms with Gasteiger partial charge in [0.2, 0.25) is 0 Å². The summed E-state index contributed by atoms with van der Waals surface area (Å²) in [4.78, 5) is 62.3. The van der Waals surface area contributed by atoms with E-state index in [1.807, 2.05) is 0 Å². The molecule has 3 aliphatic carbocycles. The molecule has 2 saturated carbocycles. The number of esters is 5. The van der Waals surface area contributed by atoms with Gasteiger partial charge in [-0.3, -0.25) is 24.0 Å². The molecule has 13 heteroatoms. The number of carbonyl (C=O) groups excluding carboxylic acids is 5. The monoisotopic (exact) mass is 610 g/mol. The van der Waals surface area contributed by atoms with E-state index in [9.17, 15) is 34.2 Å². The number of rotatable bonds is 5. The highest BCUT2D eigenvalue weighted by Crippen LogP contribution is 2.66. The minimum atomic E-state index is -2.05. The van der Waals surface area contributed by atoms with E-state index in [1.54, 1.807) is 27.7 Å². The Hall–Kier alpha value is -3.03. The second kappa shape index (κ2) is 10.8. The number of hydrogen-bond donors (Lipinski definition) is 2. The zero-order valence-electron chi connectivity index (χ0n) is 26.0.